The maximum atomic E-state index is 10.2. The molecule has 6 nitrogen and oxygen atoms in total. The van der Waals surface area contributed by atoms with Crippen molar-refractivity contribution in [2.24, 2.45) is 4.99 Å². The molecule has 1 aromatic rings. The molecule has 2 aliphatic rings. The first kappa shape index (κ1) is 17.3. The Bertz CT molecular complexity index is 519. The van der Waals surface area contributed by atoms with Gasteiger partial charge in [0.25, 0.3) is 0 Å². The van der Waals surface area contributed by atoms with Gasteiger partial charge in [0.2, 0.25) is 0 Å². The molecule has 3 N–H and O–H groups in total. The fourth-order valence-corrected chi connectivity index (χ4v) is 3.45. The van der Waals surface area contributed by atoms with E-state index in [4.69, 9.17) is 4.42 Å². The van der Waals surface area contributed by atoms with E-state index in [9.17, 15) is 5.11 Å². The van der Waals surface area contributed by atoms with Crippen molar-refractivity contribution >= 4 is 5.96 Å². The van der Waals surface area contributed by atoms with E-state index >= 15 is 0 Å². The number of likely N-dealkylation sites (tertiary alicyclic amines) is 1. The summed E-state index contributed by atoms with van der Waals surface area (Å²) in [5.41, 5.74) is -0.586. The van der Waals surface area contributed by atoms with Crippen molar-refractivity contribution in [3.8, 4) is 0 Å². The number of rotatable bonds is 7. The zero-order chi connectivity index (χ0) is 16.8. The third-order valence-corrected chi connectivity index (χ3v) is 5.08. The Kier molecular flexibility index (Phi) is 5.79. The van der Waals surface area contributed by atoms with E-state index < -0.39 is 5.60 Å². The minimum atomic E-state index is -0.586. The van der Waals surface area contributed by atoms with Crippen LogP contribution >= 0.6 is 0 Å². The van der Waals surface area contributed by atoms with Gasteiger partial charge in [0.15, 0.2) is 5.96 Å². The molecule has 24 heavy (non-hydrogen) atoms. The van der Waals surface area contributed by atoms with Gasteiger partial charge >= 0.3 is 0 Å². The van der Waals surface area contributed by atoms with Crippen molar-refractivity contribution in [2.75, 3.05) is 32.7 Å². The van der Waals surface area contributed by atoms with Crippen molar-refractivity contribution in [3.05, 3.63) is 24.2 Å². The number of furan rings is 1. The number of aliphatic hydroxyl groups is 1. The van der Waals surface area contributed by atoms with E-state index in [2.05, 4.69) is 27.4 Å². The van der Waals surface area contributed by atoms with Gasteiger partial charge in [-0.2, -0.15) is 0 Å². The molecule has 2 heterocycles. The summed E-state index contributed by atoms with van der Waals surface area (Å²) in [5.74, 6) is 1.77. The molecule has 1 saturated carbocycles. The van der Waals surface area contributed by atoms with Crippen LogP contribution in [-0.2, 0) is 0 Å². The lowest BCUT2D eigenvalue weighted by Crippen LogP contribution is -2.45. The summed E-state index contributed by atoms with van der Waals surface area (Å²) in [6.07, 6.45) is 7.06. The third kappa shape index (κ3) is 4.30. The van der Waals surface area contributed by atoms with Crippen LogP contribution in [0.3, 0.4) is 0 Å². The number of nitrogens with one attached hydrogen (secondary N) is 2. The molecular formula is C18H30N4O2. The molecule has 1 aliphatic heterocycles. The highest BCUT2D eigenvalue weighted by molar-refractivity contribution is 5.79. The Hall–Kier alpha value is -1.53. The van der Waals surface area contributed by atoms with Crippen molar-refractivity contribution in [1.82, 2.24) is 15.5 Å². The minimum Gasteiger partial charge on any atom is -0.468 e. The SMILES string of the molecule is CCNC(=NCC1(O)CCC1)NCC(c1ccco1)N1CCCC1. The molecule has 0 aromatic carbocycles. The van der Waals surface area contributed by atoms with Crippen LogP contribution in [0.4, 0.5) is 0 Å². The molecule has 6 heteroatoms. The van der Waals surface area contributed by atoms with Crippen LogP contribution in [0.15, 0.2) is 27.8 Å². The maximum absolute atomic E-state index is 10.2. The second-order valence-corrected chi connectivity index (χ2v) is 6.93. The smallest absolute Gasteiger partial charge is 0.191 e. The number of aliphatic imine (C=N–C) groups is 1. The van der Waals surface area contributed by atoms with Crippen LogP contribution in [0, 0.1) is 0 Å². The summed E-state index contributed by atoms with van der Waals surface area (Å²) in [7, 11) is 0. The largest absolute Gasteiger partial charge is 0.468 e. The molecule has 1 saturated heterocycles. The van der Waals surface area contributed by atoms with Gasteiger partial charge in [0.05, 0.1) is 24.5 Å². The number of guanidine groups is 1. The summed E-state index contributed by atoms with van der Waals surface area (Å²) >= 11 is 0. The van der Waals surface area contributed by atoms with E-state index in [1.165, 1.54) is 12.8 Å². The predicted octanol–water partition coefficient (Wildman–Crippen LogP) is 1.89. The average Bonchev–Trinajstić information content (AvgIpc) is 3.25. The highest BCUT2D eigenvalue weighted by Crippen LogP contribution is 2.31. The molecular weight excluding hydrogens is 304 g/mol. The van der Waals surface area contributed by atoms with Gasteiger partial charge in [0, 0.05) is 13.1 Å². The van der Waals surface area contributed by atoms with Gasteiger partial charge in [-0.15, -0.1) is 0 Å². The molecule has 134 valence electrons. The van der Waals surface area contributed by atoms with E-state index in [0.29, 0.717) is 6.54 Å². The first-order chi connectivity index (χ1) is 11.7. The first-order valence-corrected chi connectivity index (χ1v) is 9.22. The summed E-state index contributed by atoms with van der Waals surface area (Å²) < 4.78 is 5.66. The summed E-state index contributed by atoms with van der Waals surface area (Å²) in [6, 6.07) is 4.22. The van der Waals surface area contributed by atoms with E-state index in [1.54, 1.807) is 6.26 Å². The second-order valence-electron chi connectivity index (χ2n) is 6.93. The van der Waals surface area contributed by atoms with Crippen LogP contribution < -0.4 is 10.6 Å². The molecule has 1 unspecified atom stereocenters. The minimum absolute atomic E-state index is 0.221. The lowest BCUT2D eigenvalue weighted by Gasteiger charge is -2.35. The molecule has 1 aromatic heterocycles. The lowest BCUT2D eigenvalue weighted by atomic mass is 9.80. The maximum Gasteiger partial charge on any atom is 0.191 e. The first-order valence-electron chi connectivity index (χ1n) is 9.22. The molecule has 1 aliphatic carbocycles. The van der Waals surface area contributed by atoms with E-state index in [0.717, 1.165) is 57.2 Å². The average molecular weight is 334 g/mol. The standard InChI is InChI=1S/C18H30N4O2/c1-2-19-17(21-14-18(23)8-6-9-18)20-13-15(16-7-5-12-24-16)22-10-3-4-11-22/h5,7,12,15,23H,2-4,6,8-11,13-14H2,1H3,(H2,19,20,21). The predicted molar refractivity (Wildman–Crippen MR) is 95.0 cm³/mol. The summed E-state index contributed by atoms with van der Waals surface area (Å²) in [4.78, 5) is 7.05. The van der Waals surface area contributed by atoms with Gasteiger partial charge in [-0.1, -0.05) is 0 Å². The van der Waals surface area contributed by atoms with Gasteiger partial charge in [-0.25, -0.2) is 0 Å². The summed E-state index contributed by atoms with van der Waals surface area (Å²) in [5, 5.41) is 16.9. The van der Waals surface area contributed by atoms with Crippen LogP contribution in [0.2, 0.25) is 0 Å². The Morgan fingerprint density at radius 3 is 2.71 bits per heavy atom. The van der Waals surface area contributed by atoms with Crippen molar-refractivity contribution in [2.45, 2.75) is 50.7 Å². The van der Waals surface area contributed by atoms with Crippen molar-refractivity contribution in [1.29, 1.82) is 0 Å². The van der Waals surface area contributed by atoms with Gasteiger partial charge in [-0.3, -0.25) is 9.89 Å². The number of hydrogen-bond acceptors (Lipinski definition) is 4. The third-order valence-electron chi connectivity index (χ3n) is 5.08. The molecule has 0 amide bonds. The molecule has 3 rings (SSSR count). The van der Waals surface area contributed by atoms with Crippen molar-refractivity contribution in [3.63, 3.8) is 0 Å². The molecule has 0 spiro atoms. The fourth-order valence-electron chi connectivity index (χ4n) is 3.45. The van der Waals surface area contributed by atoms with Gasteiger partial charge < -0.3 is 20.2 Å². The Morgan fingerprint density at radius 2 is 2.12 bits per heavy atom. The monoisotopic (exact) mass is 334 g/mol. The highest BCUT2D eigenvalue weighted by Gasteiger charge is 2.34. The van der Waals surface area contributed by atoms with Crippen LogP contribution in [0.25, 0.3) is 0 Å². The van der Waals surface area contributed by atoms with Crippen LogP contribution in [-0.4, -0.2) is 54.3 Å². The normalized spacial score (nSPS) is 22.2. The highest BCUT2D eigenvalue weighted by atomic mass is 16.3. The van der Waals surface area contributed by atoms with Crippen LogP contribution in [0.5, 0.6) is 0 Å². The number of nitrogens with zero attached hydrogens (tertiary/aromatic N) is 2. The Morgan fingerprint density at radius 1 is 1.33 bits per heavy atom. The van der Waals surface area contributed by atoms with E-state index in [1.807, 2.05) is 12.1 Å². The lowest BCUT2D eigenvalue weighted by molar-refractivity contribution is -0.0236. The molecule has 2 fully saturated rings. The van der Waals surface area contributed by atoms with E-state index in [-0.39, 0.29) is 6.04 Å². The molecule has 1 atom stereocenters. The zero-order valence-electron chi connectivity index (χ0n) is 14.6. The molecule has 0 radical (unpaired) electrons. The Labute approximate surface area is 144 Å². The quantitative estimate of drug-likeness (QED) is 0.524. The Balaban J connectivity index is 1.61. The number of hydrogen-bond donors (Lipinski definition) is 3. The zero-order valence-corrected chi connectivity index (χ0v) is 14.6. The van der Waals surface area contributed by atoms with Crippen LogP contribution in [0.1, 0.15) is 50.8 Å². The fraction of sp³-hybridized carbons (Fsp3) is 0.722. The van der Waals surface area contributed by atoms with Crippen molar-refractivity contribution < 1.29 is 9.52 Å². The van der Waals surface area contributed by atoms with Gasteiger partial charge in [-0.05, 0) is 64.3 Å². The summed E-state index contributed by atoms with van der Waals surface area (Å²) in [6.45, 7) is 6.30. The topological polar surface area (TPSA) is 73.0 Å². The molecule has 0 bridgehead atoms. The second kappa shape index (κ2) is 8.03. The van der Waals surface area contributed by atoms with Gasteiger partial charge in [0.1, 0.15) is 5.76 Å².